The van der Waals surface area contributed by atoms with Gasteiger partial charge in [-0.3, -0.25) is 4.79 Å². The molecule has 4 heteroatoms. The minimum atomic E-state index is 0.00262. The van der Waals surface area contributed by atoms with Gasteiger partial charge in [0.25, 0.3) is 0 Å². The van der Waals surface area contributed by atoms with Crippen LogP contribution in [0.3, 0.4) is 0 Å². The molecule has 1 heterocycles. The van der Waals surface area contributed by atoms with Gasteiger partial charge in [0.2, 0.25) is 0 Å². The largest absolute Gasteiger partial charge is 0.329 e. The maximum Gasteiger partial charge on any atom is 0.159 e. The number of anilines is 2. The van der Waals surface area contributed by atoms with Gasteiger partial charge in [-0.15, -0.1) is 0 Å². The van der Waals surface area contributed by atoms with Crippen molar-refractivity contribution in [1.29, 1.82) is 5.26 Å². The number of aromatic nitrogens is 1. The number of pyridine rings is 1. The Bertz CT molecular complexity index is 658. The number of hydrogen-bond acceptors (Lipinski definition) is 4. The summed E-state index contributed by atoms with van der Waals surface area (Å²) >= 11 is 0. The predicted octanol–water partition coefficient (Wildman–Crippen LogP) is 2.92. The van der Waals surface area contributed by atoms with E-state index in [1.54, 1.807) is 30.5 Å². The van der Waals surface area contributed by atoms with E-state index in [1.165, 1.54) is 6.92 Å². The average Bonchev–Trinajstić information content (AvgIpc) is 2.46. The molecule has 0 aliphatic heterocycles. The molecule has 0 radical (unpaired) electrons. The van der Waals surface area contributed by atoms with Crippen LogP contribution in [0.1, 0.15) is 22.8 Å². The fraction of sp³-hybridized carbons (Fsp3) is 0.133. The number of rotatable bonds is 3. The van der Waals surface area contributed by atoms with Crippen LogP contribution in [-0.4, -0.2) is 17.8 Å². The van der Waals surface area contributed by atoms with Crippen LogP contribution in [0, 0.1) is 11.3 Å². The van der Waals surface area contributed by atoms with Crippen LogP contribution in [0.15, 0.2) is 42.6 Å². The molecule has 0 atom stereocenters. The van der Waals surface area contributed by atoms with Crippen LogP contribution >= 0.6 is 0 Å². The Labute approximate surface area is 111 Å². The van der Waals surface area contributed by atoms with E-state index >= 15 is 0 Å². The lowest BCUT2D eigenvalue weighted by molar-refractivity contribution is 0.101. The summed E-state index contributed by atoms with van der Waals surface area (Å²) in [7, 11) is 1.85. The predicted molar refractivity (Wildman–Crippen MR) is 73.5 cm³/mol. The highest BCUT2D eigenvalue weighted by atomic mass is 16.1. The smallest absolute Gasteiger partial charge is 0.159 e. The number of nitriles is 1. The maximum absolute atomic E-state index is 11.4. The molecule has 0 amide bonds. The average molecular weight is 251 g/mol. The molecule has 0 N–H and O–H groups in total. The standard InChI is InChI=1S/C15H13N3O/c1-11(19)13-6-7-17-15(9-13)18(2)14-5-3-4-12(8-14)10-16/h3-9H,1-2H3. The summed E-state index contributed by atoms with van der Waals surface area (Å²) in [6.07, 6.45) is 1.61. The third-order valence-corrected chi connectivity index (χ3v) is 2.86. The molecule has 19 heavy (non-hydrogen) atoms. The summed E-state index contributed by atoms with van der Waals surface area (Å²) in [5.74, 6) is 0.672. The Hall–Kier alpha value is -2.67. The van der Waals surface area contributed by atoms with Crippen molar-refractivity contribution in [1.82, 2.24) is 4.98 Å². The van der Waals surface area contributed by atoms with Crippen LogP contribution in [0.5, 0.6) is 0 Å². The molecule has 0 fully saturated rings. The van der Waals surface area contributed by atoms with Crippen molar-refractivity contribution in [3.8, 4) is 6.07 Å². The second kappa shape index (κ2) is 5.32. The van der Waals surface area contributed by atoms with Crippen molar-refractivity contribution in [2.24, 2.45) is 0 Å². The van der Waals surface area contributed by atoms with E-state index < -0.39 is 0 Å². The molecule has 0 aliphatic carbocycles. The second-order valence-corrected chi connectivity index (χ2v) is 4.18. The van der Waals surface area contributed by atoms with E-state index in [1.807, 2.05) is 24.1 Å². The molecule has 0 spiro atoms. The van der Waals surface area contributed by atoms with Gasteiger partial charge in [-0.25, -0.2) is 4.98 Å². The molecule has 0 aliphatic rings. The molecule has 1 aromatic heterocycles. The van der Waals surface area contributed by atoms with Crippen molar-refractivity contribution in [2.45, 2.75) is 6.92 Å². The van der Waals surface area contributed by atoms with Gasteiger partial charge < -0.3 is 4.90 Å². The van der Waals surface area contributed by atoms with Gasteiger partial charge in [0.1, 0.15) is 5.82 Å². The topological polar surface area (TPSA) is 57.0 Å². The minimum Gasteiger partial charge on any atom is -0.329 e. The van der Waals surface area contributed by atoms with Gasteiger partial charge >= 0.3 is 0 Å². The number of benzene rings is 1. The number of ketones is 1. The zero-order valence-corrected chi connectivity index (χ0v) is 10.8. The first-order valence-electron chi connectivity index (χ1n) is 5.82. The number of nitrogens with zero attached hydrogens (tertiary/aromatic N) is 3. The van der Waals surface area contributed by atoms with Crippen molar-refractivity contribution >= 4 is 17.3 Å². The first-order valence-corrected chi connectivity index (χ1v) is 5.82. The summed E-state index contributed by atoms with van der Waals surface area (Å²) in [6, 6.07) is 12.8. The zero-order chi connectivity index (χ0) is 13.8. The van der Waals surface area contributed by atoms with Gasteiger partial charge in [-0.2, -0.15) is 5.26 Å². The molecule has 4 nitrogen and oxygen atoms in total. The molecular weight excluding hydrogens is 238 g/mol. The first-order chi connectivity index (χ1) is 9.11. The SMILES string of the molecule is CC(=O)c1ccnc(N(C)c2cccc(C#N)c2)c1. The quantitative estimate of drug-likeness (QED) is 0.787. The molecule has 0 bridgehead atoms. The fourth-order valence-corrected chi connectivity index (χ4v) is 1.74. The zero-order valence-electron chi connectivity index (χ0n) is 10.8. The molecule has 0 saturated heterocycles. The number of carbonyl (C=O) groups excluding carboxylic acids is 1. The van der Waals surface area contributed by atoms with E-state index in [4.69, 9.17) is 5.26 Å². The molecule has 94 valence electrons. The highest BCUT2D eigenvalue weighted by molar-refractivity contribution is 5.94. The molecular formula is C15H13N3O. The van der Waals surface area contributed by atoms with Crippen molar-refractivity contribution in [3.63, 3.8) is 0 Å². The summed E-state index contributed by atoms with van der Waals surface area (Å²) in [5.41, 5.74) is 2.06. The van der Waals surface area contributed by atoms with E-state index in [9.17, 15) is 4.79 Å². The monoisotopic (exact) mass is 251 g/mol. The number of carbonyl (C=O) groups is 1. The lowest BCUT2D eigenvalue weighted by atomic mass is 10.1. The molecule has 2 aromatic rings. The van der Waals surface area contributed by atoms with Crippen molar-refractivity contribution in [2.75, 3.05) is 11.9 Å². The van der Waals surface area contributed by atoms with E-state index in [0.29, 0.717) is 16.9 Å². The summed E-state index contributed by atoms with van der Waals surface area (Å²) in [4.78, 5) is 17.5. The van der Waals surface area contributed by atoms with Gasteiger partial charge in [0.05, 0.1) is 11.6 Å². The number of Topliss-reactive ketones (excluding diaryl/α,β-unsaturated/α-hetero) is 1. The molecule has 0 unspecified atom stereocenters. The Balaban J connectivity index is 2.38. The second-order valence-electron chi connectivity index (χ2n) is 4.18. The number of hydrogen-bond donors (Lipinski definition) is 0. The van der Waals surface area contributed by atoms with Crippen LogP contribution in [0.2, 0.25) is 0 Å². The lowest BCUT2D eigenvalue weighted by Crippen LogP contribution is -2.12. The molecule has 1 aromatic carbocycles. The molecule has 2 rings (SSSR count). The first kappa shape index (κ1) is 12.8. The van der Waals surface area contributed by atoms with E-state index in [-0.39, 0.29) is 5.78 Å². The maximum atomic E-state index is 11.4. The summed E-state index contributed by atoms with van der Waals surface area (Å²) in [5, 5.41) is 8.90. The van der Waals surface area contributed by atoms with E-state index in [2.05, 4.69) is 11.1 Å². The van der Waals surface area contributed by atoms with Crippen LogP contribution in [0.25, 0.3) is 0 Å². The van der Waals surface area contributed by atoms with Gasteiger partial charge in [-0.1, -0.05) is 6.07 Å². The Kier molecular flexibility index (Phi) is 3.58. The van der Waals surface area contributed by atoms with E-state index in [0.717, 1.165) is 5.69 Å². The fourth-order valence-electron chi connectivity index (χ4n) is 1.74. The van der Waals surface area contributed by atoms with Crippen molar-refractivity contribution < 1.29 is 4.79 Å². The summed E-state index contributed by atoms with van der Waals surface area (Å²) in [6.45, 7) is 1.52. The van der Waals surface area contributed by atoms with Crippen LogP contribution < -0.4 is 4.90 Å². The third kappa shape index (κ3) is 2.78. The normalized spacial score (nSPS) is 9.74. The van der Waals surface area contributed by atoms with Crippen molar-refractivity contribution in [3.05, 3.63) is 53.7 Å². The summed E-state index contributed by atoms with van der Waals surface area (Å²) < 4.78 is 0. The highest BCUT2D eigenvalue weighted by Crippen LogP contribution is 2.23. The van der Waals surface area contributed by atoms with Crippen LogP contribution in [-0.2, 0) is 0 Å². The minimum absolute atomic E-state index is 0.00262. The molecule has 0 saturated carbocycles. The van der Waals surface area contributed by atoms with Gasteiger partial charge in [0, 0.05) is 24.5 Å². The van der Waals surface area contributed by atoms with Crippen LogP contribution in [0.4, 0.5) is 11.5 Å². The Morgan fingerprint density at radius 1 is 1.32 bits per heavy atom. The third-order valence-electron chi connectivity index (χ3n) is 2.86. The van der Waals surface area contributed by atoms with Gasteiger partial charge in [0.15, 0.2) is 5.78 Å². The Morgan fingerprint density at radius 2 is 2.11 bits per heavy atom. The van der Waals surface area contributed by atoms with Gasteiger partial charge in [-0.05, 0) is 37.3 Å². The highest BCUT2D eigenvalue weighted by Gasteiger charge is 2.08. The Morgan fingerprint density at radius 3 is 2.79 bits per heavy atom. The lowest BCUT2D eigenvalue weighted by Gasteiger charge is -2.18.